The first-order valence-corrected chi connectivity index (χ1v) is 7.28. The van der Waals surface area contributed by atoms with Crippen LogP contribution in [0.1, 0.15) is 29.0 Å². The molecule has 0 bridgehead atoms. The molecule has 0 aromatic carbocycles. The summed E-state index contributed by atoms with van der Waals surface area (Å²) in [6, 6.07) is 1.41. The molecule has 1 aliphatic rings. The topological polar surface area (TPSA) is 114 Å². The number of aryl methyl sites for hydroxylation is 2. The van der Waals surface area contributed by atoms with E-state index >= 15 is 0 Å². The summed E-state index contributed by atoms with van der Waals surface area (Å²) in [7, 11) is 0. The summed E-state index contributed by atoms with van der Waals surface area (Å²) >= 11 is 0. The van der Waals surface area contributed by atoms with Gasteiger partial charge in [0.1, 0.15) is 23.3 Å². The van der Waals surface area contributed by atoms with Gasteiger partial charge in [0.15, 0.2) is 0 Å². The van der Waals surface area contributed by atoms with Gasteiger partial charge in [-0.25, -0.2) is 9.61 Å². The molecule has 1 amide bonds. The summed E-state index contributed by atoms with van der Waals surface area (Å²) in [5, 5.41) is 7.39. The van der Waals surface area contributed by atoms with Crippen molar-refractivity contribution in [2.24, 2.45) is 0 Å². The van der Waals surface area contributed by atoms with Crippen LogP contribution < -0.4 is 5.56 Å². The van der Waals surface area contributed by atoms with Crippen molar-refractivity contribution in [1.29, 1.82) is 0 Å². The highest BCUT2D eigenvalue weighted by Gasteiger charge is 2.28. The number of hydrogen-bond donors (Lipinski definition) is 1. The number of morpholine rings is 1. The predicted molar refractivity (Wildman–Crippen MR) is 77.6 cm³/mol. The van der Waals surface area contributed by atoms with Crippen molar-refractivity contribution < 1.29 is 14.2 Å². The van der Waals surface area contributed by atoms with Crippen LogP contribution in [0.25, 0.3) is 0 Å². The molecule has 9 heteroatoms. The number of aromatic amines is 1. The molecule has 1 fully saturated rings. The number of ether oxygens (including phenoxy) is 1. The van der Waals surface area contributed by atoms with Gasteiger partial charge in [-0.1, -0.05) is 10.3 Å². The van der Waals surface area contributed by atoms with E-state index in [0.29, 0.717) is 42.6 Å². The second kappa shape index (κ2) is 6.29. The molecule has 1 atom stereocenters. The zero-order valence-electron chi connectivity index (χ0n) is 12.9. The summed E-state index contributed by atoms with van der Waals surface area (Å²) in [5.41, 5.74) is 1.51. The van der Waals surface area contributed by atoms with Gasteiger partial charge in [0.25, 0.3) is 5.56 Å². The lowest BCUT2D eigenvalue weighted by molar-refractivity contribution is -0.138. The molecule has 122 valence electrons. The Kier molecular flexibility index (Phi) is 4.20. The highest BCUT2D eigenvalue weighted by molar-refractivity contribution is 5.78. The van der Waals surface area contributed by atoms with E-state index < -0.39 is 6.10 Å². The monoisotopic (exact) mass is 319 g/mol. The lowest BCUT2D eigenvalue weighted by Crippen LogP contribution is -2.43. The zero-order chi connectivity index (χ0) is 16.4. The van der Waals surface area contributed by atoms with E-state index in [4.69, 9.17) is 4.74 Å². The summed E-state index contributed by atoms with van der Waals surface area (Å²) < 4.78 is 10.2. The van der Waals surface area contributed by atoms with Gasteiger partial charge in [-0.05, 0) is 13.8 Å². The van der Waals surface area contributed by atoms with E-state index in [0.717, 1.165) is 0 Å². The van der Waals surface area contributed by atoms with Gasteiger partial charge in [0.2, 0.25) is 5.91 Å². The Morgan fingerprint density at radius 2 is 2.26 bits per heavy atom. The molecule has 9 nitrogen and oxygen atoms in total. The zero-order valence-corrected chi connectivity index (χ0v) is 12.9. The number of carbonyl (C=O) groups excluding carboxylic acids is 1. The Labute approximate surface area is 131 Å². The van der Waals surface area contributed by atoms with Crippen LogP contribution in [0, 0.1) is 13.8 Å². The molecule has 0 unspecified atom stereocenters. The molecule has 1 aliphatic heterocycles. The van der Waals surface area contributed by atoms with Crippen molar-refractivity contribution in [3.05, 3.63) is 39.3 Å². The number of nitrogens with zero attached hydrogens (tertiary/aromatic N) is 4. The molecule has 0 spiro atoms. The van der Waals surface area contributed by atoms with Crippen molar-refractivity contribution in [2.75, 3.05) is 19.7 Å². The van der Waals surface area contributed by atoms with Gasteiger partial charge in [0, 0.05) is 18.3 Å². The van der Waals surface area contributed by atoms with E-state index in [9.17, 15) is 9.59 Å². The fourth-order valence-corrected chi connectivity index (χ4v) is 2.46. The van der Waals surface area contributed by atoms with E-state index in [1.54, 1.807) is 18.7 Å². The van der Waals surface area contributed by atoms with Gasteiger partial charge in [-0.2, -0.15) is 0 Å². The van der Waals surface area contributed by atoms with Crippen LogP contribution in [0.4, 0.5) is 0 Å². The Morgan fingerprint density at radius 3 is 2.96 bits per heavy atom. The Hall–Kier alpha value is -2.55. The van der Waals surface area contributed by atoms with Crippen molar-refractivity contribution in [2.45, 2.75) is 26.4 Å². The van der Waals surface area contributed by atoms with Crippen molar-refractivity contribution >= 4 is 5.91 Å². The molecule has 1 saturated heterocycles. The molecule has 3 heterocycles. The summed E-state index contributed by atoms with van der Waals surface area (Å²) in [4.78, 5) is 32.6. The minimum Gasteiger partial charge on any atom is -0.367 e. The average molecular weight is 319 g/mol. The Bertz CT molecular complexity index is 769. The first-order chi connectivity index (χ1) is 11.0. The number of nitrogens with one attached hydrogen (secondary N) is 1. The van der Waals surface area contributed by atoms with Crippen molar-refractivity contribution in [1.82, 2.24) is 25.2 Å². The van der Waals surface area contributed by atoms with Gasteiger partial charge >= 0.3 is 0 Å². The summed E-state index contributed by atoms with van der Waals surface area (Å²) in [6.45, 7) is 4.67. The molecule has 1 N–H and O–H groups in total. The summed E-state index contributed by atoms with van der Waals surface area (Å²) in [6.07, 6.45) is -0.323. The minimum absolute atomic E-state index is 0.0906. The number of hydrogen-bond acceptors (Lipinski definition) is 7. The van der Waals surface area contributed by atoms with Gasteiger partial charge < -0.3 is 14.6 Å². The highest BCUT2D eigenvalue weighted by atomic mass is 16.6. The SMILES string of the molecule is Cc1cc(=O)[nH]c([C@@H]2CN(C(=O)Cc3nonc3C)CCO2)n1. The predicted octanol–water partition coefficient (Wildman–Crippen LogP) is -0.0877. The molecule has 0 saturated carbocycles. The number of amides is 1. The molecule has 0 radical (unpaired) electrons. The number of rotatable bonds is 3. The third-order valence-electron chi connectivity index (χ3n) is 3.68. The normalized spacial score (nSPS) is 18.2. The highest BCUT2D eigenvalue weighted by Crippen LogP contribution is 2.19. The number of H-pyrrole nitrogens is 1. The molecule has 23 heavy (non-hydrogen) atoms. The second-order valence-electron chi connectivity index (χ2n) is 5.44. The molecular weight excluding hydrogens is 302 g/mol. The first kappa shape index (κ1) is 15.3. The smallest absolute Gasteiger partial charge is 0.251 e. The quantitative estimate of drug-likeness (QED) is 0.841. The Balaban J connectivity index is 1.71. The third-order valence-corrected chi connectivity index (χ3v) is 3.68. The minimum atomic E-state index is -0.447. The first-order valence-electron chi connectivity index (χ1n) is 7.28. The van der Waals surface area contributed by atoms with Gasteiger partial charge in [-0.3, -0.25) is 9.59 Å². The standard InChI is InChI=1S/C14H17N5O4/c1-8-5-12(20)16-14(15-8)11-7-19(3-4-22-11)13(21)6-10-9(2)17-23-18-10/h5,11H,3-4,6-7H2,1-2H3,(H,15,16,20)/t11-/m0/s1. The molecule has 2 aromatic heterocycles. The number of carbonyl (C=O) groups is 1. The molecule has 0 aliphatic carbocycles. The van der Waals surface area contributed by atoms with E-state index in [2.05, 4.69) is 24.9 Å². The van der Waals surface area contributed by atoms with Crippen LogP contribution in [0.3, 0.4) is 0 Å². The fraction of sp³-hybridized carbons (Fsp3) is 0.500. The molecule has 2 aromatic rings. The van der Waals surface area contributed by atoms with E-state index in [1.807, 2.05) is 0 Å². The van der Waals surface area contributed by atoms with Crippen molar-refractivity contribution in [3.8, 4) is 0 Å². The van der Waals surface area contributed by atoms with Crippen molar-refractivity contribution in [3.63, 3.8) is 0 Å². The lowest BCUT2D eigenvalue weighted by atomic mass is 10.2. The van der Waals surface area contributed by atoms with E-state index in [-0.39, 0.29) is 17.9 Å². The van der Waals surface area contributed by atoms with Gasteiger partial charge in [-0.15, -0.1) is 0 Å². The van der Waals surface area contributed by atoms with Crippen LogP contribution >= 0.6 is 0 Å². The van der Waals surface area contributed by atoms with Crippen LogP contribution in [0.2, 0.25) is 0 Å². The van der Waals surface area contributed by atoms with Crippen LogP contribution in [0.15, 0.2) is 15.5 Å². The molecular formula is C14H17N5O4. The maximum Gasteiger partial charge on any atom is 0.251 e. The second-order valence-corrected chi connectivity index (χ2v) is 5.44. The van der Waals surface area contributed by atoms with Crippen LogP contribution in [-0.4, -0.2) is 50.8 Å². The maximum absolute atomic E-state index is 12.4. The lowest BCUT2D eigenvalue weighted by Gasteiger charge is -2.32. The van der Waals surface area contributed by atoms with E-state index in [1.165, 1.54) is 6.07 Å². The molecule has 3 rings (SSSR count). The third kappa shape index (κ3) is 3.45. The number of aromatic nitrogens is 4. The fourth-order valence-electron chi connectivity index (χ4n) is 2.46. The maximum atomic E-state index is 12.4. The largest absolute Gasteiger partial charge is 0.367 e. The van der Waals surface area contributed by atoms with Crippen LogP contribution in [-0.2, 0) is 16.0 Å². The van der Waals surface area contributed by atoms with Crippen LogP contribution in [0.5, 0.6) is 0 Å². The Morgan fingerprint density at radius 1 is 1.43 bits per heavy atom. The average Bonchev–Trinajstić information content (AvgIpc) is 2.91. The summed E-state index contributed by atoms with van der Waals surface area (Å²) in [5.74, 6) is 0.346. The van der Waals surface area contributed by atoms with Gasteiger partial charge in [0.05, 0.1) is 19.6 Å².